The number of thiazole rings is 1. The molecule has 0 fully saturated rings. The SMILES string of the molecule is Cc1cc(-c2cc(-c3ccccc3)nn2CC(=O)C(C)C2CCCc3nc(C)sc3CC2)ccn1. The minimum Gasteiger partial charge on any atom is -0.297 e. The fourth-order valence-electron chi connectivity index (χ4n) is 5.17. The van der Waals surface area contributed by atoms with E-state index in [1.54, 1.807) is 0 Å². The zero-order valence-electron chi connectivity index (χ0n) is 20.7. The smallest absolute Gasteiger partial charge is 0.157 e. The zero-order chi connectivity index (χ0) is 24.4. The second kappa shape index (κ2) is 10.2. The van der Waals surface area contributed by atoms with Gasteiger partial charge in [0.2, 0.25) is 0 Å². The van der Waals surface area contributed by atoms with Crippen LogP contribution in [0.25, 0.3) is 22.5 Å². The van der Waals surface area contributed by atoms with Gasteiger partial charge >= 0.3 is 0 Å². The number of nitrogens with zero attached hydrogens (tertiary/aromatic N) is 4. The summed E-state index contributed by atoms with van der Waals surface area (Å²) in [6.07, 6.45) is 7.10. The zero-order valence-corrected chi connectivity index (χ0v) is 21.5. The number of pyridine rings is 1. The van der Waals surface area contributed by atoms with Crippen LogP contribution in [-0.4, -0.2) is 25.5 Å². The molecule has 180 valence electrons. The Labute approximate surface area is 211 Å². The second-order valence-corrected chi connectivity index (χ2v) is 11.0. The number of carbonyl (C=O) groups excluding carboxylic acids is 1. The van der Waals surface area contributed by atoms with Crippen molar-refractivity contribution >= 4 is 17.1 Å². The minimum atomic E-state index is 0.00182. The maximum Gasteiger partial charge on any atom is 0.157 e. The fourth-order valence-corrected chi connectivity index (χ4v) is 6.17. The van der Waals surface area contributed by atoms with E-state index in [1.165, 1.54) is 10.6 Å². The molecule has 0 saturated carbocycles. The van der Waals surface area contributed by atoms with E-state index in [4.69, 9.17) is 10.1 Å². The number of hydrogen-bond donors (Lipinski definition) is 0. The highest BCUT2D eigenvalue weighted by atomic mass is 32.1. The van der Waals surface area contributed by atoms with Crippen LogP contribution in [0.4, 0.5) is 0 Å². The lowest BCUT2D eigenvalue weighted by Crippen LogP contribution is -2.27. The van der Waals surface area contributed by atoms with Crippen molar-refractivity contribution in [1.82, 2.24) is 19.7 Å². The largest absolute Gasteiger partial charge is 0.297 e. The minimum absolute atomic E-state index is 0.00182. The first-order valence-electron chi connectivity index (χ1n) is 12.5. The third-order valence-corrected chi connectivity index (χ3v) is 8.25. The van der Waals surface area contributed by atoms with E-state index in [2.05, 4.69) is 43.1 Å². The van der Waals surface area contributed by atoms with Gasteiger partial charge < -0.3 is 0 Å². The van der Waals surface area contributed by atoms with Crippen molar-refractivity contribution in [2.24, 2.45) is 11.8 Å². The molecule has 1 aromatic carbocycles. The molecule has 0 aliphatic heterocycles. The summed E-state index contributed by atoms with van der Waals surface area (Å²) >= 11 is 1.82. The van der Waals surface area contributed by atoms with Gasteiger partial charge in [0, 0.05) is 33.8 Å². The average Bonchev–Trinajstić information content (AvgIpc) is 3.42. The summed E-state index contributed by atoms with van der Waals surface area (Å²) in [7, 11) is 0. The van der Waals surface area contributed by atoms with Crippen LogP contribution in [0.2, 0.25) is 0 Å². The number of rotatable bonds is 6. The Kier molecular flexibility index (Phi) is 6.91. The highest BCUT2D eigenvalue weighted by Gasteiger charge is 2.27. The number of aromatic nitrogens is 4. The van der Waals surface area contributed by atoms with E-state index in [1.807, 2.05) is 53.4 Å². The average molecular weight is 485 g/mol. The number of benzene rings is 1. The Hall–Kier alpha value is -3.12. The van der Waals surface area contributed by atoms with Crippen LogP contribution in [0.1, 0.15) is 47.5 Å². The van der Waals surface area contributed by atoms with Crippen molar-refractivity contribution in [3.63, 3.8) is 0 Å². The van der Waals surface area contributed by atoms with Crippen LogP contribution < -0.4 is 0 Å². The van der Waals surface area contributed by atoms with Gasteiger partial charge in [-0.3, -0.25) is 14.5 Å². The lowest BCUT2D eigenvalue weighted by atomic mass is 9.81. The highest BCUT2D eigenvalue weighted by molar-refractivity contribution is 7.11. The molecule has 5 rings (SSSR count). The van der Waals surface area contributed by atoms with Gasteiger partial charge in [0.1, 0.15) is 6.54 Å². The van der Waals surface area contributed by atoms with Gasteiger partial charge in [0.05, 0.1) is 22.1 Å². The molecule has 0 spiro atoms. The summed E-state index contributed by atoms with van der Waals surface area (Å²) in [5.74, 6) is 0.654. The van der Waals surface area contributed by atoms with Crippen molar-refractivity contribution < 1.29 is 4.79 Å². The molecule has 0 bridgehead atoms. The Balaban J connectivity index is 1.38. The van der Waals surface area contributed by atoms with Crippen LogP contribution in [0.15, 0.2) is 54.7 Å². The first-order valence-corrected chi connectivity index (χ1v) is 13.3. The van der Waals surface area contributed by atoms with Gasteiger partial charge in [-0.15, -0.1) is 11.3 Å². The summed E-state index contributed by atoms with van der Waals surface area (Å²) < 4.78 is 1.89. The van der Waals surface area contributed by atoms with Crippen LogP contribution >= 0.6 is 11.3 Å². The molecule has 1 aliphatic carbocycles. The third kappa shape index (κ3) is 5.27. The van der Waals surface area contributed by atoms with Crippen molar-refractivity contribution in [3.8, 4) is 22.5 Å². The van der Waals surface area contributed by atoms with Crippen molar-refractivity contribution in [1.29, 1.82) is 0 Å². The number of ketones is 1. The second-order valence-electron chi connectivity index (χ2n) is 9.67. The topological polar surface area (TPSA) is 60.7 Å². The molecule has 2 unspecified atom stereocenters. The Bertz CT molecular complexity index is 1320. The molecule has 0 amide bonds. The third-order valence-electron chi connectivity index (χ3n) is 7.18. The summed E-state index contributed by atoms with van der Waals surface area (Å²) in [4.78, 5) is 24.1. The Morgan fingerprint density at radius 2 is 1.91 bits per heavy atom. The quantitative estimate of drug-likeness (QED) is 0.314. The first-order chi connectivity index (χ1) is 17.0. The molecule has 0 saturated heterocycles. The molecule has 3 heterocycles. The van der Waals surface area contributed by atoms with E-state index in [-0.39, 0.29) is 18.2 Å². The Morgan fingerprint density at radius 1 is 1.09 bits per heavy atom. The van der Waals surface area contributed by atoms with Gasteiger partial charge in [-0.05, 0) is 70.1 Å². The number of carbonyl (C=O) groups is 1. The molecular formula is C29H32N4OS. The van der Waals surface area contributed by atoms with Gasteiger partial charge in [0.15, 0.2) is 5.78 Å². The predicted octanol–water partition coefficient (Wildman–Crippen LogP) is 6.48. The highest BCUT2D eigenvalue weighted by Crippen LogP contribution is 2.32. The summed E-state index contributed by atoms with van der Waals surface area (Å²) in [6, 6.07) is 16.3. The molecule has 2 atom stereocenters. The normalized spacial score (nSPS) is 16.8. The van der Waals surface area contributed by atoms with E-state index in [0.29, 0.717) is 5.92 Å². The number of fused-ring (bicyclic) bond motifs is 1. The van der Waals surface area contributed by atoms with E-state index < -0.39 is 0 Å². The number of aryl methyl sites for hydroxylation is 4. The van der Waals surface area contributed by atoms with Crippen molar-refractivity contribution in [2.75, 3.05) is 0 Å². The van der Waals surface area contributed by atoms with Crippen molar-refractivity contribution in [3.05, 3.63) is 76.0 Å². The molecule has 5 nitrogen and oxygen atoms in total. The molecule has 35 heavy (non-hydrogen) atoms. The molecule has 0 N–H and O–H groups in total. The van der Waals surface area contributed by atoms with E-state index in [9.17, 15) is 4.79 Å². The number of Topliss-reactive ketones (excluding diaryl/α,β-unsaturated/α-hetero) is 1. The van der Waals surface area contributed by atoms with Gasteiger partial charge in [0.25, 0.3) is 0 Å². The van der Waals surface area contributed by atoms with E-state index in [0.717, 1.165) is 65.3 Å². The van der Waals surface area contributed by atoms with Gasteiger partial charge in [-0.25, -0.2) is 4.98 Å². The van der Waals surface area contributed by atoms with Crippen LogP contribution in [0, 0.1) is 25.7 Å². The summed E-state index contributed by atoms with van der Waals surface area (Å²) in [5.41, 5.74) is 6.16. The maximum absolute atomic E-state index is 13.6. The van der Waals surface area contributed by atoms with Crippen LogP contribution in [0.5, 0.6) is 0 Å². The summed E-state index contributed by atoms with van der Waals surface area (Å²) in [5, 5.41) is 6.05. The first kappa shape index (κ1) is 23.6. The predicted molar refractivity (Wildman–Crippen MR) is 141 cm³/mol. The lowest BCUT2D eigenvalue weighted by molar-refractivity contribution is -0.124. The molecule has 0 radical (unpaired) electrons. The lowest BCUT2D eigenvalue weighted by Gasteiger charge is -2.25. The molecule has 4 aromatic rings. The fraction of sp³-hybridized carbons (Fsp3) is 0.379. The molecular weight excluding hydrogens is 452 g/mol. The summed E-state index contributed by atoms with van der Waals surface area (Å²) in [6.45, 7) is 6.48. The molecule has 1 aliphatic rings. The molecule has 6 heteroatoms. The van der Waals surface area contributed by atoms with Gasteiger partial charge in [-0.1, -0.05) is 37.3 Å². The van der Waals surface area contributed by atoms with Crippen LogP contribution in [0.3, 0.4) is 0 Å². The number of hydrogen-bond acceptors (Lipinski definition) is 5. The maximum atomic E-state index is 13.6. The molecule has 3 aromatic heterocycles. The van der Waals surface area contributed by atoms with Gasteiger partial charge in [-0.2, -0.15) is 5.10 Å². The van der Waals surface area contributed by atoms with Crippen LogP contribution in [-0.2, 0) is 24.2 Å². The Morgan fingerprint density at radius 3 is 2.71 bits per heavy atom. The standard InChI is InChI=1S/C29H32N4OS/c1-19-16-24(14-15-30-19)27-17-26(23-8-5-4-6-9-23)32-33(27)18-28(34)20(2)22-10-7-11-25-29(13-12-22)35-21(3)31-25/h4-6,8-9,14-17,20,22H,7,10-13,18H2,1-3H3. The monoisotopic (exact) mass is 484 g/mol. The van der Waals surface area contributed by atoms with E-state index >= 15 is 0 Å². The van der Waals surface area contributed by atoms with Crippen molar-refractivity contribution in [2.45, 2.75) is 59.4 Å².